The Morgan fingerprint density at radius 3 is 2.46 bits per heavy atom. The highest BCUT2D eigenvalue weighted by atomic mass is 16.5. The third kappa shape index (κ3) is 5.29. The maximum Gasteiger partial charge on any atom is 0.263 e. The first-order valence-electron chi connectivity index (χ1n) is 10.1. The molecule has 2 heterocycles. The van der Waals surface area contributed by atoms with Crippen LogP contribution in [0.1, 0.15) is 43.8 Å². The molecule has 1 N–H and O–H groups in total. The van der Waals surface area contributed by atoms with Crippen LogP contribution in [0.5, 0.6) is 5.88 Å². The topological polar surface area (TPSA) is 59.8 Å². The summed E-state index contributed by atoms with van der Waals surface area (Å²) in [7, 11) is 0. The molecule has 1 aliphatic heterocycles. The second-order valence-corrected chi connectivity index (χ2v) is 7.86. The molecule has 0 aliphatic carbocycles. The van der Waals surface area contributed by atoms with Crippen molar-refractivity contribution >= 4 is 5.91 Å². The molecule has 1 aliphatic rings. The zero-order chi connectivity index (χ0) is 20.1. The summed E-state index contributed by atoms with van der Waals surface area (Å²) in [4.78, 5) is 25.1. The molecular formula is C22H31N4O2+. The maximum absolute atomic E-state index is 12.8. The van der Waals surface area contributed by atoms with Crippen LogP contribution in [0, 0.1) is 6.92 Å². The van der Waals surface area contributed by atoms with Gasteiger partial charge in [-0.05, 0) is 13.8 Å². The number of rotatable bonds is 6. The Hall–Kier alpha value is -2.47. The van der Waals surface area contributed by atoms with E-state index in [9.17, 15) is 4.79 Å². The predicted octanol–water partition coefficient (Wildman–Crippen LogP) is 1.60. The quantitative estimate of drug-likeness (QED) is 0.823. The van der Waals surface area contributed by atoms with E-state index in [1.54, 1.807) is 13.0 Å². The molecule has 1 fully saturated rings. The van der Waals surface area contributed by atoms with E-state index in [1.165, 1.54) is 10.5 Å². The van der Waals surface area contributed by atoms with Crippen LogP contribution in [-0.2, 0) is 11.3 Å². The highest BCUT2D eigenvalue weighted by molar-refractivity contribution is 5.80. The molecule has 0 unspecified atom stereocenters. The van der Waals surface area contributed by atoms with E-state index in [0.717, 1.165) is 44.2 Å². The lowest BCUT2D eigenvalue weighted by Crippen LogP contribution is -3.13. The standard InChI is InChI=1S/C22H30N4O2/c1-16(2)21-23-17(3)14-20(24-21)28-18(4)22(27)26-12-10-25(11-13-26)15-19-8-6-5-7-9-19/h5-9,14,16,18H,10-13,15H2,1-4H3/p+1/t18-/m0/s1. The van der Waals surface area contributed by atoms with Gasteiger partial charge in [-0.15, -0.1) is 0 Å². The molecule has 0 spiro atoms. The minimum atomic E-state index is -0.551. The van der Waals surface area contributed by atoms with Gasteiger partial charge in [-0.1, -0.05) is 44.2 Å². The van der Waals surface area contributed by atoms with Crippen molar-refractivity contribution in [3.8, 4) is 5.88 Å². The average molecular weight is 384 g/mol. The molecule has 1 aromatic carbocycles. The second-order valence-electron chi connectivity index (χ2n) is 7.86. The molecule has 6 heteroatoms. The summed E-state index contributed by atoms with van der Waals surface area (Å²) in [5, 5.41) is 0. The SMILES string of the molecule is Cc1cc(O[C@@H](C)C(=O)N2CC[NH+](Cc3ccccc3)CC2)nc(C(C)C)n1. The van der Waals surface area contributed by atoms with Gasteiger partial charge in [-0.25, -0.2) is 4.98 Å². The number of nitrogens with one attached hydrogen (secondary N) is 1. The van der Waals surface area contributed by atoms with Gasteiger partial charge in [0.2, 0.25) is 5.88 Å². The third-order valence-corrected chi connectivity index (χ3v) is 5.09. The van der Waals surface area contributed by atoms with E-state index in [1.807, 2.05) is 31.7 Å². The number of hydrogen-bond donors (Lipinski definition) is 1. The Bertz CT molecular complexity index is 786. The van der Waals surface area contributed by atoms with Crippen molar-refractivity contribution < 1.29 is 14.4 Å². The van der Waals surface area contributed by atoms with E-state index < -0.39 is 6.10 Å². The number of aromatic nitrogens is 2. The van der Waals surface area contributed by atoms with Crippen LogP contribution in [-0.4, -0.2) is 53.1 Å². The summed E-state index contributed by atoms with van der Waals surface area (Å²) >= 11 is 0. The van der Waals surface area contributed by atoms with Gasteiger partial charge in [-0.2, -0.15) is 4.98 Å². The number of nitrogens with zero attached hydrogens (tertiary/aromatic N) is 3. The average Bonchev–Trinajstić information content (AvgIpc) is 2.68. The summed E-state index contributed by atoms with van der Waals surface area (Å²) in [6.45, 7) is 12.2. The normalized spacial score (nSPS) is 16.2. The fraction of sp³-hybridized carbons (Fsp3) is 0.500. The van der Waals surface area contributed by atoms with Crippen LogP contribution >= 0.6 is 0 Å². The van der Waals surface area contributed by atoms with E-state index >= 15 is 0 Å². The lowest BCUT2D eigenvalue weighted by atomic mass is 10.2. The van der Waals surface area contributed by atoms with Crippen LogP contribution < -0.4 is 9.64 Å². The van der Waals surface area contributed by atoms with E-state index in [2.05, 4.69) is 34.2 Å². The monoisotopic (exact) mass is 383 g/mol. The lowest BCUT2D eigenvalue weighted by molar-refractivity contribution is -0.917. The van der Waals surface area contributed by atoms with Crippen molar-refractivity contribution in [2.24, 2.45) is 0 Å². The number of ether oxygens (including phenoxy) is 1. The second kappa shape index (κ2) is 9.15. The Morgan fingerprint density at radius 1 is 1.14 bits per heavy atom. The number of benzene rings is 1. The molecule has 3 rings (SSSR count). The molecule has 0 bridgehead atoms. The lowest BCUT2D eigenvalue weighted by Gasteiger charge is -2.33. The van der Waals surface area contributed by atoms with Gasteiger partial charge in [0.1, 0.15) is 12.4 Å². The number of hydrogen-bond acceptors (Lipinski definition) is 4. The highest BCUT2D eigenvalue weighted by Gasteiger charge is 2.28. The van der Waals surface area contributed by atoms with Crippen LogP contribution in [0.3, 0.4) is 0 Å². The van der Waals surface area contributed by atoms with Gasteiger partial charge in [0.25, 0.3) is 5.91 Å². The molecule has 28 heavy (non-hydrogen) atoms. The molecule has 2 aromatic rings. The Kier molecular flexibility index (Phi) is 6.62. The largest absolute Gasteiger partial charge is 0.464 e. The fourth-order valence-corrected chi connectivity index (χ4v) is 3.47. The third-order valence-electron chi connectivity index (χ3n) is 5.09. The summed E-state index contributed by atoms with van der Waals surface area (Å²) in [6.07, 6.45) is -0.551. The van der Waals surface area contributed by atoms with Gasteiger partial charge in [0, 0.05) is 23.2 Å². The number of carbonyl (C=O) groups excluding carboxylic acids is 1. The van der Waals surface area contributed by atoms with Gasteiger partial charge in [0.15, 0.2) is 6.10 Å². The van der Waals surface area contributed by atoms with Crippen molar-refractivity contribution in [3.05, 3.63) is 53.5 Å². The molecular weight excluding hydrogens is 352 g/mol. The van der Waals surface area contributed by atoms with Crippen LogP contribution in [0.15, 0.2) is 36.4 Å². The van der Waals surface area contributed by atoms with Crippen LogP contribution in [0.25, 0.3) is 0 Å². The number of quaternary nitrogens is 1. The van der Waals surface area contributed by atoms with Gasteiger partial charge in [0.05, 0.1) is 26.2 Å². The predicted molar refractivity (Wildman–Crippen MR) is 108 cm³/mol. The van der Waals surface area contributed by atoms with Crippen molar-refractivity contribution in [3.63, 3.8) is 0 Å². The minimum Gasteiger partial charge on any atom is -0.464 e. The smallest absolute Gasteiger partial charge is 0.263 e. The van der Waals surface area contributed by atoms with Crippen LogP contribution in [0.2, 0.25) is 0 Å². The summed E-state index contributed by atoms with van der Waals surface area (Å²) in [5.41, 5.74) is 2.19. The summed E-state index contributed by atoms with van der Waals surface area (Å²) in [5.74, 6) is 1.47. The number of piperazine rings is 1. The number of carbonyl (C=O) groups is 1. The molecule has 1 saturated heterocycles. The maximum atomic E-state index is 12.8. The van der Waals surface area contributed by atoms with Crippen molar-refractivity contribution in [1.82, 2.24) is 14.9 Å². The Labute approximate surface area is 167 Å². The molecule has 0 radical (unpaired) electrons. The first kappa shape index (κ1) is 20.3. The Morgan fingerprint density at radius 2 is 1.82 bits per heavy atom. The van der Waals surface area contributed by atoms with Crippen molar-refractivity contribution in [2.75, 3.05) is 26.2 Å². The molecule has 1 aromatic heterocycles. The number of amides is 1. The first-order valence-corrected chi connectivity index (χ1v) is 10.1. The van der Waals surface area contributed by atoms with Gasteiger partial charge in [-0.3, -0.25) is 4.79 Å². The first-order chi connectivity index (χ1) is 13.4. The zero-order valence-corrected chi connectivity index (χ0v) is 17.3. The fourth-order valence-electron chi connectivity index (χ4n) is 3.47. The molecule has 0 saturated carbocycles. The number of aryl methyl sites for hydroxylation is 1. The summed E-state index contributed by atoms with van der Waals surface area (Å²) in [6, 6.07) is 12.3. The minimum absolute atomic E-state index is 0.0288. The molecule has 150 valence electrons. The van der Waals surface area contributed by atoms with E-state index in [0.29, 0.717) is 5.88 Å². The molecule has 1 atom stereocenters. The van der Waals surface area contributed by atoms with Gasteiger partial charge >= 0.3 is 0 Å². The summed E-state index contributed by atoms with van der Waals surface area (Å²) < 4.78 is 5.87. The van der Waals surface area contributed by atoms with Crippen molar-refractivity contribution in [1.29, 1.82) is 0 Å². The van der Waals surface area contributed by atoms with E-state index in [4.69, 9.17) is 4.74 Å². The van der Waals surface area contributed by atoms with Crippen molar-refractivity contribution in [2.45, 2.75) is 46.3 Å². The molecule has 1 amide bonds. The van der Waals surface area contributed by atoms with Crippen LogP contribution in [0.4, 0.5) is 0 Å². The zero-order valence-electron chi connectivity index (χ0n) is 17.3. The van der Waals surface area contributed by atoms with E-state index in [-0.39, 0.29) is 11.8 Å². The Balaban J connectivity index is 1.53. The molecule has 6 nitrogen and oxygen atoms in total. The van der Waals surface area contributed by atoms with Gasteiger partial charge < -0.3 is 14.5 Å². The highest BCUT2D eigenvalue weighted by Crippen LogP contribution is 2.17.